The molecule has 3 aliphatic rings. The molecular formula is C32H37N9O2. The van der Waals surface area contributed by atoms with E-state index in [-0.39, 0.29) is 24.4 Å². The molecule has 1 amide bonds. The number of fused-ring (bicyclic) bond motifs is 2. The topological polar surface area (TPSA) is 128 Å². The van der Waals surface area contributed by atoms with Crippen LogP contribution in [0.3, 0.4) is 0 Å². The van der Waals surface area contributed by atoms with Crippen LogP contribution in [0.25, 0.3) is 10.9 Å². The van der Waals surface area contributed by atoms with Gasteiger partial charge in [0.05, 0.1) is 53.9 Å². The minimum atomic E-state index is -0.308. The van der Waals surface area contributed by atoms with E-state index in [1.165, 1.54) is 6.08 Å². The Kier molecular flexibility index (Phi) is 7.92. The van der Waals surface area contributed by atoms with E-state index in [4.69, 9.17) is 9.72 Å². The van der Waals surface area contributed by atoms with Crippen molar-refractivity contribution in [2.24, 2.45) is 0 Å². The first-order valence-corrected chi connectivity index (χ1v) is 14.9. The zero-order valence-electron chi connectivity index (χ0n) is 24.8. The molecule has 6 rings (SSSR count). The molecule has 2 atom stereocenters. The quantitative estimate of drug-likeness (QED) is 0.419. The van der Waals surface area contributed by atoms with Crippen LogP contribution >= 0.6 is 0 Å². The number of hydrogen-bond acceptors (Lipinski definition) is 9. The van der Waals surface area contributed by atoms with Gasteiger partial charge in [-0.1, -0.05) is 12.6 Å². The number of nitriles is 2. The van der Waals surface area contributed by atoms with Crippen molar-refractivity contribution in [3.63, 3.8) is 0 Å². The molecule has 0 unspecified atom stereocenters. The lowest BCUT2D eigenvalue weighted by atomic mass is 9.96. The highest BCUT2D eigenvalue weighted by Gasteiger charge is 2.35. The summed E-state index contributed by atoms with van der Waals surface area (Å²) in [6, 6.07) is 8.80. The molecule has 5 heterocycles. The van der Waals surface area contributed by atoms with Crippen molar-refractivity contribution in [1.82, 2.24) is 25.0 Å². The Bertz CT molecular complexity index is 1630. The molecule has 2 saturated heterocycles. The third-order valence-electron chi connectivity index (χ3n) is 9.19. The van der Waals surface area contributed by atoms with Crippen molar-refractivity contribution in [2.75, 3.05) is 56.2 Å². The number of ether oxygens (including phenoxy) is 1. The van der Waals surface area contributed by atoms with Crippen LogP contribution in [0, 0.1) is 29.6 Å². The summed E-state index contributed by atoms with van der Waals surface area (Å²) in [6.07, 6.45) is 6.24. The first kappa shape index (κ1) is 28.5. The lowest BCUT2D eigenvalue weighted by molar-refractivity contribution is -0.128. The molecule has 1 N–H and O–H groups in total. The van der Waals surface area contributed by atoms with E-state index >= 15 is 0 Å². The summed E-state index contributed by atoms with van der Waals surface area (Å²) in [5.74, 6) is 0.180. The number of pyridine rings is 1. The van der Waals surface area contributed by atoms with Crippen molar-refractivity contribution < 1.29 is 9.53 Å². The number of hydrogen-bond donors (Lipinski definition) is 1. The van der Waals surface area contributed by atoms with Crippen molar-refractivity contribution >= 4 is 28.2 Å². The van der Waals surface area contributed by atoms with Crippen molar-refractivity contribution in [3.05, 3.63) is 53.4 Å². The van der Waals surface area contributed by atoms with E-state index in [9.17, 15) is 15.3 Å². The summed E-state index contributed by atoms with van der Waals surface area (Å²) in [4.78, 5) is 26.1. The van der Waals surface area contributed by atoms with Crippen LogP contribution < -0.4 is 14.5 Å². The molecule has 2 aromatic heterocycles. The Labute approximate surface area is 251 Å². The maximum Gasteiger partial charge on any atom is 0.246 e. The highest BCUT2D eigenvalue weighted by Crippen LogP contribution is 2.40. The average Bonchev–Trinajstić information content (AvgIpc) is 3.67. The number of anilines is 2. The Balaban J connectivity index is 1.40. The number of aromatic amines is 1. The second-order valence-corrected chi connectivity index (χ2v) is 11.7. The molecule has 11 heteroatoms. The molecule has 3 aromatic rings. The molecule has 11 nitrogen and oxygen atoms in total. The van der Waals surface area contributed by atoms with Crippen LogP contribution in [0.15, 0.2) is 31.0 Å². The van der Waals surface area contributed by atoms with Gasteiger partial charge in [-0.3, -0.25) is 9.89 Å². The Morgan fingerprint density at radius 2 is 2.05 bits per heavy atom. The number of nitrogens with one attached hydrogen (secondary N) is 1. The lowest BCUT2D eigenvalue weighted by Crippen LogP contribution is -2.55. The smallest absolute Gasteiger partial charge is 0.246 e. The predicted octanol–water partition coefficient (Wildman–Crippen LogP) is 3.29. The van der Waals surface area contributed by atoms with Gasteiger partial charge in [0.15, 0.2) is 0 Å². The second-order valence-electron chi connectivity index (χ2n) is 11.7. The van der Waals surface area contributed by atoms with Crippen molar-refractivity contribution in [2.45, 2.75) is 51.2 Å². The number of nitrogens with zero attached hydrogens (tertiary/aromatic N) is 8. The van der Waals surface area contributed by atoms with Crippen LogP contribution in [-0.2, 0) is 17.8 Å². The van der Waals surface area contributed by atoms with Crippen LogP contribution in [0.1, 0.15) is 41.6 Å². The summed E-state index contributed by atoms with van der Waals surface area (Å²) in [7, 11) is 2.11. The predicted molar refractivity (Wildman–Crippen MR) is 164 cm³/mol. The number of piperazine rings is 1. The number of likely N-dealkylation sites (tertiary alicyclic amines) is 1. The standard InChI is InChI=1S/C32H37N9O2/c1-4-29(42)41-15-14-40(18-22(41)9-11-33)31-24-10-13-39(30-21(2)7-8-27-26(30)17-35-37-27)19-28(24)36-32(25(31)16-34)43-20-23-6-5-12-38(23)3/h4,7-8,17,22-23H,1,5-6,9-10,12-15,18-20H2,2-3H3,(H,35,37)/t22-,23-/m0/s1. The van der Waals surface area contributed by atoms with Crippen LogP contribution in [-0.4, -0.2) is 89.4 Å². The van der Waals surface area contributed by atoms with Crippen LogP contribution in [0.4, 0.5) is 11.4 Å². The maximum atomic E-state index is 12.6. The van der Waals surface area contributed by atoms with Gasteiger partial charge in [-0.05, 0) is 57.5 Å². The Morgan fingerprint density at radius 1 is 1.19 bits per heavy atom. The number of likely N-dealkylation sites (N-methyl/N-ethyl adjacent to an activating group) is 1. The molecule has 0 spiro atoms. The molecule has 0 radical (unpaired) electrons. The summed E-state index contributed by atoms with van der Waals surface area (Å²) < 4.78 is 6.39. The number of benzene rings is 1. The normalized spacial score (nSPS) is 20.5. The first-order chi connectivity index (χ1) is 20.9. The third kappa shape index (κ3) is 5.26. The number of H-pyrrole nitrogens is 1. The van der Waals surface area contributed by atoms with Gasteiger partial charge < -0.3 is 24.3 Å². The fourth-order valence-corrected chi connectivity index (χ4v) is 6.92. The molecule has 2 fully saturated rings. The van der Waals surface area contributed by atoms with Gasteiger partial charge in [0, 0.05) is 43.2 Å². The third-order valence-corrected chi connectivity index (χ3v) is 9.19. The summed E-state index contributed by atoms with van der Waals surface area (Å²) in [5, 5.41) is 28.5. The summed E-state index contributed by atoms with van der Waals surface area (Å²) in [6.45, 7) is 9.99. The highest BCUT2D eigenvalue weighted by atomic mass is 16.5. The molecule has 0 aliphatic carbocycles. The Hall–Kier alpha value is -4.61. The maximum absolute atomic E-state index is 12.6. The first-order valence-electron chi connectivity index (χ1n) is 14.9. The van der Waals surface area contributed by atoms with Gasteiger partial charge in [0.1, 0.15) is 18.2 Å². The van der Waals surface area contributed by atoms with E-state index in [1.807, 2.05) is 6.20 Å². The molecule has 0 bridgehead atoms. The number of aromatic nitrogens is 3. The minimum absolute atomic E-state index is 0.179. The second kappa shape index (κ2) is 11.9. The molecule has 43 heavy (non-hydrogen) atoms. The van der Waals surface area contributed by atoms with Crippen molar-refractivity contribution in [1.29, 1.82) is 10.5 Å². The van der Waals surface area contributed by atoms with E-state index < -0.39 is 0 Å². The van der Waals surface area contributed by atoms with E-state index in [0.29, 0.717) is 50.7 Å². The monoisotopic (exact) mass is 579 g/mol. The number of amides is 1. The van der Waals surface area contributed by atoms with E-state index in [1.54, 1.807) is 4.90 Å². The average molecular weight is 580 g/mol. The number of carbonyl (C=O) groups is 1. The van der Waals surface area contributed by atoms with Gasteiger partial charge in [0.25, 0.3) is 0 Å². The van der Waals surface area contributed by atoms with Gasteiger partial charge in [-0.25, -0.2) is 4.98 Å². The van der Waals surface area contributed by atoms with Gasteiger partial charge in [-0.2, -0.15) is 15.6 Å². The van der Waals surface area contributed by atoms with Gasteiger partial charge in [0.2, 0.25) is 11.8 Å². The fourth-order valence-electron chi connectivity index (χ4n) is 6.92. The number of rotatable bonds is 7. The molecule has 0 saturated carbocycles. The lowest BCUT2D eigenvalue weighted by Gasteiger charge is -2.43. The SMILES string of the molecule is C=CC(=O)N1CCN(c2c(C#N)c(OC[C@@H]3CCCN3C)nc3c2CCN(c2c(C)ccc4[nH]ncc24)C3)C[C@@H]1CC#N. The van der Waals surface area contributed by atoms with E-state index in [2.05, 4.69) is 69.7 Å². The van der Waals surface area contributed by atoms with Crippen LogP contribution in [0.5, 0.6) is 5.88 Å². The summed E-state index contributed by atoms with van der Waals surface area (Å²) in [5.41, 5.74) is 6.46. The van der Waals surface area contributed by atoms with Gasteiger partial charge >= 0.3 is 0 Å². The van der Waals surface area contributed by atoms with Gasteiger partial charge in [-0.15, -0.1) is 0 Å². The van der Waals surface area contributed by atoms with E-state index in [0.717, 1.165) is 65.0 Å². The fraction of sp³-hybridized carbons (Fsp3) is 0.469. The number of aryl methyl sites for hydroxylation is 1. The Morgan fingerprint density at radius 3 is 2.79 bits per heavy atom. The largest absolute Gasteiger partial charge is 0.475 e. The highest BCUT2D eigenvalue weighted by molar-refractivity contribution is 5.93. The number of carbonyl (C=O) groups excluding carboxylic acids is 1. The molecule has 222 valence electrons. The van der Waals surface area contributed by atoms with Crippen molar-refractivity contribution in [3.8, 4) is 18.0 Å². The molecular weight excluding hydrogens is 542 g/mol. The zero-order chi connectivity index (χ0) is 30.1. The summed E-state index contributed by atoms with van der Waals surface area (Å²) >= 11 is 0. The van der Waals surface area contributed by atoms with Crippen LogP contribution in [0.2, 0.25) is 0 Å². The minimum Gasteiger partial charge on any atom is -0.475 e. The zero-order valence-corrected chi connectivity index (χ0v) is 24.8. The molecule has 3 aliphatic heterocycles. The molecule has 1 aromatic carbocycles.